The van der Waals surface area contributed by atoms with Gasteiger partial charge in [-0.3, -0.25) is 0 Å². The second-order valence-corrected chi connectivity index (χ2v) is 5.45. The predicted octanol–water partition coefficient (Wildman–Crippen LogP) is 4.28. The molecule has 0 spiro atoms. The molecule has 3 N–H and O–H groups in total. The Balaban J connectivity index is 1.78. The van der Waals surface area contributed by atoms with Gasteiger partial charge in [0.25, 0.3) is 0 Å². The summed E-state index contributed by atoms with van der Waals surface area (Å²) in [5.74, 6) is 0.472. The van der Waals surface area contributed by atoms with Crippen LogP contribution >= 0.6 is 0 Å². The highest BCUT2D eigenvalue weighted by molar-refractivity contribution is 5.87. The molecule has 0 bridgehead atoms. The van der Waals surface area contributed by atoms with Gasteiger partial charge in [0.15, 0.2) is 17.3 Å². The van der Waals surface area contributed by atoms with Gasteiger partial charge in [0.2, 0.25) is 5.89 Å². The first-order chi connectivity index (χ1) is 11.6. The first-order valence-corrected chi connectivity index (χ1v) is 7.32. The highest BCUT2D eigenvalue weighted by Gasteiger charge is 2.14. The van der Waals surface area contributed by atoms with Gasteiger partial charge < -0.3 is 19.7 Å². The molecule has 0 radical (unpaired) electrons. The molecule has 0 unspecified atom stereocenters. The lowest BCUT2D eigenvalue weighted by atomic mass is 10.1. The van der Waals surface area contributed by atoms with Crippen molar-refractivity contribution >= 4 is 10.8 Å². The normalized spacial score (nSPS) is 11.0. The summed E-state index contributed by atoms with van der Waals surface area (Å²) in [5, 5.41) is 31.0. The van der Waals surface area contributed by atoms with Crippen LogP contribution in [0, 0.1) is 0 Å². The standard InChI is InChI=1S/C19H13NO4/c21-14-7-6-11-4-5-12(8-13(11)9-14)19-20-10-17(24-19)15-2-1-3-16(22)18(15)23/h1-10,21-23H. The van der Waals surface area contributed by atoms with Gasteiger partial charge in [0, 0.05) is 5.56 Å². The van der Waals surface area contributed by atoms with Gasteiger partial charge >= 0.3 is 0 Å². The summed E-state index contributed by atoms with van der Waals surface area (Å²) in [6.45, 7) is 0. The Morgan fingerprint density at radius 1 is 0.833 bits per heavy atom. The lowest BCUT2D eigenvalue weighted by Gasteiger charge is -2.03. The van der Waals surface area contributed by atoms with Gasteiger partial charge in [-0.25, -0.2) is 4.98 Å². The molecule has 4 rings (SSSR count). The lowest BCUT2D eigenvalue weighted by molar-refractivity contribution is 0.404. The minimum atomic E-state index is -0.247. The van der Waals surface area contributed by atoms with Crippen LogP contribution in [0.2, 0.25) is 0 Å². The Kier molecular flexibility index (Phi) is 3.13. The van der Waals surface area contributed by atoms with E-state index < -0.39 is 0 Å². The van der Waals surface area contributed by atoms with E-state index in [9.17, 15) is 15.3 Å². The molecule has 3 aromatic carbocycles. The first-order valence-electron chi connectivity index (χ1n) is 7.32. The van der Waals surface area contributed by atoms with Crippen LogP contribution in [0.25, 0.3) is 33.6 Å². The number of para-hydroxylation sites is 1. The van der Waals surface area contributed by atoms with Crippen LogP contribution in [0.15, 0.2) is 65.2 Å². The summed E-state index contributed by atoms with van der Waals surface area (Å²) in [5.41, 5.74) is 1.12. The number of aromatic hydroxyl groups is 3. The maximum atomic E-state index is 9.94. The largest absolute Gasteiger partial charge is 0.508 e. The summed E-state index contributed by atoms with van der Waals surface area (Å²) in [6, 6.07) is 15.4. The molecular formula is C19H13NO4. The third-order valence-corrected chi connectivity index (χ3v) is 3.86. The molecule has 5 heteroatoms. The molecular weight excluding hydrogens is 306 g/mol. The third kappa shape index (κ3) is 2.32. The van der Waals surface area contributed by atoms with Crippen molar-refractivity contribution in [1.82, 2.24) is 4.98 Å². The molecule has 0 aliphatic rings. The Hall–Kier alpha value is -3.47. The number of benzene rings is 3. The van der Waals surface area contributed by atoms with E-state index in [0.29, 0.717) is 17.2 Å². The number of hydrogen-bond acceptors (Lipinski definition) is 5. The van der Waals surface area contributed by atoms with Gasteiger partial charge in [-0.1, -0.05) is 18.2 Å². The third-order valence-electron chi connectivity index (χ3n) is 3.86. The van der Waals surface area contributed by atoms with Crippen molar-refractivity contribution in [3.63, 3.8) is 0 Å². The number of rotatable bonds is 2. The number of oxazole rings is 1. The predicted molar refractivity (Wildman–Crippen MR) is 89.9 cm³/mol. The quantitative estimate of drug-likeness (QED) is 0.480. The molecule has 4 aromatic rings. The van der Waals surface area contributed by atoms with E-state index >= 15 is 0 Å². The maximum absolute atomic E-state index is 9.94. The van der Waals surface area contributed by atoms with E-state index in [-0.39, 0.29) is 17.2 Å². The van der Waals surface area contributed by atoms with Crippen LogP contribution in [0.4, 0.5) is 0 Å². The van der Waals surface area contributed by atoms with Gasteiger partial charge in [0.05, 0.1) is 11.8 Å². The molecule has 0 aliphatic carbocycles. The Morgan fingerprint density at radius 3 is 2.54 bits per heavy atom. The van der Waals surface area contributed by atoms with Crippen molar-refractivity contribution in [3.8, 4) is 40.0 Å². The van der Waals surface area contributed by atoms with Crippen LogP contribution in [-0.2, 0) is 0 Å². The average molecular weight is 319 g/mol. The van der Waals surface area contributed by atoms with E-state index in [1.54, 1.807) is 24.3 Å². The molecule has 1 heterocycles. The molecule has 118 valence electrons. The van der Waals surface area contributed by atoms with Crippen molar-refractivity contribution in [2.45, 2.75) is 0 Å². The van der Waals surface area contributed by atoms with Crippen LogP contribution in [0.3, 0.4) is 0 Å². The average Bonchev–Trinajstić information content (AvgIpc) is 3.06. The topological polar surface area (TPSA) is 86.7 Å². The van der Waals surface area contributed by atoms with Gasteiger partial charge in [-0.05, 0) is 47.2 Å². The molecule has 0 amide bonds. The van der Waals surface area contributed by atoms with E-state index in [2.05, 4.69) is 4.98 Å². The highest BCUT2D eigenvalue weighted by Crippen LogP contribution is 2.37. The minimum absolute atomic E-state index is 0.192. The summed E-state index contributed by atoms with van der Waals surface area (Å²) < 4.78 is 5.73. The van der Waals surface area contributed by atoms with E-state index in [1.807, 2.05) is 24.3 Å². The zero-order valence-electron chi connectivity index (χ0n) is 12.5. The Labute approximate surface area is 137 Å². The van der Waals surface area contributed by atoms with Crippen LogP contribution in [0.5, 0.6) is 17.2 Å². The highest BCUT2D eigenvalue weighted by atomic mass is 16.4. The molecule has 0 saturated carbocycles. The minimum Gasteiger partial charge on any atom is -0.508 e. The van der Waals surface area contributed by atoms with Crippen molar-refractivity contribution in [1.29, 1.82) is 0 Å². The lowest BCUT2D eigenvalue weighted by Crippen LogP contribution is -1.79. The Morgan fingerprint density at radius 2 is 1.67 bits per heavy atom. The maximum Gasteiger partial charge on any atom is 0.226 e. The number of hydrogen-bond donors (Lipinski definition) is 3. The number of phenols is 3. The van der Waals surface area contributed by atoms with E-state index in [4.69, 9.17) is 4.42 Å². The summed E-state index contributed by atoms with van der Waals surface area (Å²) in [7, 11) is 0. The molecule has 0 saturated heterocycles. The van der Waals surface area contributed by atoms with Crippen molar-refractivity contribution < 1.29 is 19.7 Å². The summed E-state index contributed by atoms with van der Waals surface area (Å²) in [4.78, 5) is 4.24. The second-order valence-electron chi connectivity index (χ2n) is 5.45. The zero-order chi connectivity index (χ0) is 16.7. The van der Waals surface area contributed by atoms with E-state index in [0.717, 1.165) is 16.3 Å². The molecule has 1 aromatic heterocycles. The number of aromatic nitrogens is 1. The molecule has 0 atom stereocenters. The smallest absolute Gasteiger partial charge is 0.226 e. The molecule has 24 heavy (non-hydrogen) atoms. The first kappa shape index (κ1) is 14.1. The molecule has 5 nitrogen and oxygen atoms in total. The van der Waals surface area contributed by atoms with Gasteiger partial charge in [-0.2, -0.15) is 0 Å². The van der Waals surface area contributed by atoms with Crippen LogP contribution in [-0.4, -0.2) is 20.3 Å². The monoisotopic (exact) mass is 319 g/mol. The summed E-state index contributed by atoms with van der Waals surface area (Å²) >= 11 is 0. The molecule has 0 aliphatic heterocycles. The van der Waals surface area contributed by atoms with Crippen molar-refractivity contribution in [2.24, 2.45) is 0 Å². The van der Waals surface area contributed by atoms with Crippen LogP contribution < -0.4 is 0 Å². The second kappa shape index (κ2) is 5.31. The van der Waals surface area contributed by atoms with E-state index in [1.165, 1.54) is 12.3 Å². The number of nitrogens with zero attached hydrogens (tertiary/aromatic N) is 1. The SMILES string of the molecule is Oc1ccc2ccc(-c3ncc(-c4cccc(O)c4O)o3)cc2c1. The fourth-order valence-electron chi connectivity index (χ4n) is 2.63. The summed E-state index contributed by atoms with van der Waals surface area (Å²) in [6.07, 6.45) is 1.50. The fourth-order valence-corrected chi connectivity index (χ4v) is 2.63. The van der Waals surface area contributed by atoms with Gasteiger partial charge in [0.1, 0.15) is 5.75 Å². The van der Waals surface area contributed by atoms with Crippen molar-refractivity contribution in [3.05, 3.63) is 60.8 Å². The van der Waals surface area contributed by atoms with Crippen molar-refractivity contribution in [2.75, 3.05) is 0 Å². The number of fused-ring (bicyclic) bond motifs is 1. The van der Waals surface area contributed by atoms with Gasteiger partial charge in [-0.15, -0.1) is 0 Å². The number of phenolic OH excluding ortho intramolecular Hbond substituents is 3. The fraction of sp³-hybridized carbons (Fsp3) is 0. The zero-order valence-corrected chi connectivity index (χ0v) is 12.5. The van der Waals surface area contributed by atoms with Crippen LogP contribution in [0.1, 0.15) is 0 Å². The Bertz CT molecular complexity index is 1050. The molecule has 0 fully saturated rings.